The van der Waals surface area contributed by atoms with Gasteiger partial charge >= 0.3 is 5.97 Å². The minimum absolute atomic E-state index is 0.0108. The van der Waals surface area contributed by atoms with Crippen LogP contribution < -0.4 is 11.1 Å². The van der Waals surface area contributed by atoms with Crippen molar-refractivity contribution in [2.45, 2.75) is 26.3 Å². The number of carboxylic acid groups (broad SMARTS) is 1. The van der Waals surface area contributed by atoms with Crippen LogP contribution >= 0.6 is 0 Å². The van der Waals surface area contributed by atoms with Gasteiger partial charge in [-0.3, -0.25) is 4.79 Å². The van der Waals surface area contributed by atoms with Crippen molar-refractivity contribution in [1.29, 1.82) is 0 Å². The summed E-state index contributed by atoms with van der Waals surface area (Å²) in [5, 5.41) is 11.4. The first kappa shape index (κ1) is 14.9. The lowest BCUT2D eigenvalue weighted by molar-refractivity contribution is 0.0695. The Labute approximate surface area is 108 Å². The van der Waals surface area contributed by atoms with Gasteiger partial charge in [0.05, 0.1) is 17.2 Å². The third-order valence-corrected chi connectivity index (χ3v) is 2.62. The van der Waals surface area contributed by atoms with E-state index in [9.17, 15) is 18.4 Å². The maximum Gasteiger partial charge on any atom is 0.336 e. The van der Waals surface area contributed by atoms with Crippen LogP contribution in [0.2, 0.25) is 0 Å². The van der Waals surface area contributed by atoms with Gasteiger partial charge in [-0.25, -0.2) is 13.6 Å². The van der Waals surface area contributed by atoms with Gasteiger partial charge in [-0.05, 0) is 31.5 Å². The number of carboxylic acids is 1. The quantitative estimate of drug-likeness (QED) is 0.762. The number of nitrogens with two attached hydrogens (primary N) is 1. The molecule has 0 bridgehead atoms. The Balaban J connectivity index is 3.29. The molecule has 19 heavy (non-hydrogen) atoms. The van der Waals surface area contributed by atoms with Crippen LogP contribution in [-0.2, 0) is 0 Å². The number of amides is 1. The number of aryl methyl sites for hydroxylation is 1. The van der Waals surface area contributed by atoms with Crippen molar-refractivity contribution >= 4 is 17.6 Å². The van der Waals surface area contributed by atoms with E-state index in [0.717, 1.165) is 6.07 Å². The summed E-state index contributed by atoms with van der Waals surface area (Å²) in [6.45, 7) is 2.71. The summed E-state index contributed by atoms with van der Waals surface area (Å²) in [5.74, 6) is -2.02. The molecule has 104 valence electrons. The molecule has 0 aliphatic rings. The van der Waals surface area contributed by atoms with Crippen LogP contribution in [0.25, 0.3) is 0 Å². The molecule has 1 amide bonds. The van der Waals surface area contributed by atoms with Gasteiger partial charge in [0.25, 0.3) is 12.3 Å². The summed E-state index contributed by atoms with van der Waals surface area (Å²) < 4.78 is 25.0. The highest BCUT2D eigenvalue weighted by atomic mass is 19.3. The normalized spacial score (nSPS) is 12.3. The molecule has 1 aromatic carbocycles. The van der Waals surface area contributed by atoms with E-state index < -0.39 is 24.3 Å². The fourth-order valence-electron chi connectivity index (χ4n) is 1.57. The van der Waals surface area contributed by atoms with E-state index in [1.165, 1.54) is 19.9 Å². The number of aromatic carboxylic acids is 1. The molecule has 0 heterocycles. The number of rotatable bonds is 5. The number of benzene rings is 1. The topological polar surface area (TPSA) is 92.4 Å². The maximum absolute atomic E-state index is 12.5. The fraction of sp³-hybridized carbons (Fsp3) is 0.333. The Morgan fingerprint density at radius 3 is 2.32 bits per heavy atom. The predicted octanol–water partition coefficient (Wildman–Crippen LogP) is 1.86. The van der Waals surface area contributed by atoms with Crippen molar-refractivity contribution < 1.29 is 23.5 Å². The van der Waals surface area contributed by atoms with Crippen LogP contribution in [0.3, 0.4) is 0 Å². The molecule has 1 atom stereocenters. The third-order valence-electron chi connectivity index (χ3n) is 2.62. The zero-order chi connectivity index (χ0) is 14.7. The first-order valence-corrected chi connectivity index (χ1v) is 5.46. The largest absolute Gasteiger partial charge is 0.478 e. The van der Waals surface area contributed by atoms with Crippen molar-refractivity contribution in [2.75, 3.05) is 5.32 Å². The van der Waals surface area contributed by atoms with Crippen molar-refractivity contribution in [3.05, 3.63) is 28.8 Å². The second-order valence-electron chi connectivity index (χ2n) is 4.15. The Hall–Kier alpha value is -2.18. The van der Waals surface area contributed by atoms with E-state index in [1.807, 2.05) is 0 Å². The average molecular weight is 272 g/mol. The third kappa shape index (κ3) is 3.40. The molecular weight excluding hydrogens is 258 g/mol. The molecule has 5 nitrogen and oxygen atoms in total. The van der Waals surface area contributed by atoms with Gasteiger partial charge in [0.1, 0.15) is 0 Å². The lowest BCUT2D eigenvalue weighted by atomic mass is 10.0. The fourth-order valence-corrected chi connectivity index (χ4v) is 1.57. The molecule has 0 fully saturated rings. The van der Waals surface area contributed by atoms with Gasteiger partial charge in [0, 0.05) is 5.69 Å². The second-order valence-corrected chi connectivity index (χ2v) is 4.15. The Bertz CT molecular complexity index is 518. The molecule has 0 aromatic heterocycles. The summed E-state index contributed by atoms with van der Waals surface area (Å²) in [5.41, 5.74) is 5.37. The summed E-state index contributed by atoms with van der Waals surface area (Å²) in [6.07, 6.45) is -2.66. The second kappa shape index (κ2) is 5.64. The van der Waals surface area contributed by atoms with Crippen molar-refractivity contribution in [1.82, 2.24) is 0 Å². The first-order chi connectivity index (χ1) is 8.73. The Morgan fingerprint density at radius 1 is 1.32 bits per heavy atom. The highest BCUT2D eigenvalue weighted by molar-refractivity contribution is 6.01. The summed E-state index contributed by atoms with van der Waals surface area (Å²) >= 11 is 0. The molecule has 0 spiro atoms. The van der Waals surface area contributed by atoms with E-state index in [4.69, 9.17) is 10.8 Å². The van der Waals surface area contributed by atoms with Gasteiger partial charge in [-0.15, -0.1) is 0 Å². The molecule has 0 saturated carbocycles. The zero-order valence-electron chi connectivity index (χ0n) is 10.4. The van der Waals surface area contributed by atoms with E-state index in [2.05, 4.69) is 5.32 Å². The molecule has 0 aliphatic carbocycles. The summed E-state index contributed by atoms with van der Waals surface area (Å²) in [6, 6.07) is 1.17. The number of carbonyl (C=O) groups is 2. The predicted molar refractivity (Wildman–Crippen MR) is 65.7 cm³/mol. The number of primary amides is 1. The van der Waals surface area contributed by atoms with Crippen LogP contribution in [0, 0.1) is 6.92 Å². The Kier molecular flexibility index (Phi) is 4.42. The van der Waals surface area contributed by atoms with Crippen LogP contribution in [0.15, 0.2) is 12.1 Å². The first-order valence-electron chi connectivity index (χ1n) is 5.46. The lowest BCUT2D eigenvalue weighted by Gasteiger charge is -2.17. The van der Waals surface area contributed by atoms with E-state index in [1.54, 1.807) is 0 Å². The van der Waals surface area contributed by atoms with Crippen molar-refractivity contribution in [2.24, 2.45) is 5.73 Å². The smallest absolute Gasteiger partial charge is 0.336 e. The summed E-state index contributed by atoms with van der Waals surface area (Å²) in [7, 11) is 0. The van der Waals surface area contributed by atoms with Crippen LogP contribution in [0.4, 0.5) is 14.5 Å². The number of hydrogen-bond acceptors (Lipinski definition) is 3. The molecular formula is C12H14F2N2O3. The molecule has 7 heteroatoms. The zero-order valence-corrected chi connectivity index (χ0v) is 10.4. The van der Waals surface area contributed by atoms with Gasteiger partial charge in [0.15, 0.2) is 0 Å². The van der Waals surface area contributed by atoms with E-state index >= 15 is 0 Å². The van der Waals surface area contributed by atoms with Crippen LogP contribution in [0.5, 0.6) is 0 Å². The maximum atomic E-state index is 12.5. The molecule has 0 saturated heterocycles. The molecule has 0 radical (unpaired) electrons. The monoisotopic (exact) mass is 272 g/mol. The number of nitrogens with one attached hydrogen (secondary N) is 1. The minimum atomic E-state index is -2.66. The molecule has 1 unspecified atom stereocenters. The van der Waals surface area contributed by atoms with Crippen LogP contribution in [-0.4, -0.2) is 29.5 Å². The number of carbonyl (C=O) groups excluding carboxylic acids is 1. The molecule has 4 N–H and O–H groups in total. The van der Waals surface area contributed by atoms with E-state index in [-0.39, 0.29) is 16.8 Å². The number of hydrogen-bond donors (Lipinski definition) is 3. The standard InChI is InChI=1S/C12H14F2N2O3/c1-5-3-8(11(15)17)9(4-7(5)12(18)19)16-6(2)10(13)14/h3-4,6,10,16H,1-2H3,(H2,15,17)(H,18,19). The minimum Gasteiger partial charge on any atom is -0.478 e. The molecule has 1 rings (SSSR count). The van der Waals surface area contributed by atoms with Crippen molar-refractivity contribution in [3.63, 3.8) is 0 Å². The van der Waals surface area contributed by atoms with Gasteiger partial charge in [-0.1, -0.05) is 0 Å². The SMILES string of the molecule is Cc1cc(C(N)=O)c(NC(C)C(F)F)cc1C(=O)O. The number of halogens is 2. The van der Waals surface area contributed by atoms with Gasteiger partial charge in [-0.2, -0.15) is 0 Å². The Morgan fingerprint density at radius 2 is 1.89 bits per heavy atom. The average Bonchev–Trinajstić information content (AvgIpc) is 2.29. The summed E-state index contributed by atoms with van der Waals surface area (Å²) in [4.78, 5) is 22.2. The number of alkyl halides is 2. The van der Waals surface area contributed by atoms with Crippen molar-refractivity contribution in [3.8, 4) is 0 Å². The molecule has 0 aliphatic heterocycles. The number of anilines is 1. The molecule has 1 aromatic rings. The lowest BCUT2D eigenvalue weighted by Crippen LogP contribution is -2.26. The van der Waals surface area contributed by atoms with Gasteiger partial charge < -0.3 is 16.2 Å². The van der Waals surface area contributed by atoms with Gasteiger partial charge in [0.2, 0.25) is 0 Å². The van der Waals surface area contributed by atoms with E-state index in [0.29, 0.717) is 5.56 Å². The van der Waals surface area contributed by atoms with Crippen LogP contribution in [0.1, 0.15) is 33.2 Å². The highest BCUT2D eigenvalue weighted by Crippen LogP contribution is 2.23. The highest BCUT2D eigenvalue weighted by Gasteiger charge is 2.20.